The van der Waals surface area contributed by atoms with Crippen molar-refractivity contribution in [2.75, 3.05) is 19.5 Å². The Kier molecular flexibility index (Phi) is 5.11. The van der Waals surface area contributed by atoms with Gasteiger partial charge in [0.15, 0.2) is 19.8 Å². The fourth-order valence-electron chi connectivity index (χ4n) is 2.01. The minimum atomic E-state index is -1.97. The Morgan fingerprint density at radius 1 is 1.39 bits per heavy atom. The van der Waals surface area contributed by atoms with Crippen molar-refractivity contribution in [2.45, 2.75) is 25.7 Å². The number of methoxy groups -OCH3 is 1. The molecule has 0 aliphatic heterocycles. The number of anilines is 1. The molecule has 0 fully saturated rings. The summed E-state index contributed by atoms with van der Waals surface area (Å²) >= 11 is 0. The Balaban J connectivity index is 1.97. The van der Waals surface area contributed by atoms with Crippen molar-refractivity contribution in [2.24, 2.45) is 0 Å². The summed E-state index contributed by atoms with van der Waals surface area (Å²) in [5, 5.41) is 0. The zero-order valence-corrected chi connectivity index (χ0v) is 14.6. The quantitative estimate of drug-likeness (QED) is 0.462. The van der Waals surface area contributed by atoms with Gasteiger partial charge in [-0.1, -0.05) is 6.58 Å². The normalized spacial score (nSPS) is 11.6. The highest BCUT2D eigenvalue weighted by atomic mass is 28.4. The van der Waals surface area contributed by atoms with Crippen molar-refractivity contribution in [1.82, 2.24) is 19.5 Å². The number of aryl methyl sites for hydroxylation is 1. The summed E-state index contributed by atoms with van der Waals surface area (Å²) in [7, 11) is -0.647. The first kappa shape index (κ1) is 17.1. The number of hydrogen-bond acceptors (Lipinski definition) is 7. The molecule has 2 N–H and O–H groups in total. The molecule has 0 aromatic carbocycles. The standard InChI is InChI=1S/C14H21N5O3Si/c1-10(14(20)21-2)7-22-23(3,4)6-5-19-9-18-11-12(15)16-8-17-13(11)19/h8-9H,1,5-7H2,2-4H3,(H2,15,16,17). The van der Waals surface area contributed by atoms with Gasteiger partial charge in [0.2, 0.25) is 0 Å². The van der Waals surface area contributed by atoms with Gasteiger partial charge in [-0.3, -0.25) is 0 Å². The third-order valence-electron chi connectivity index (χ3n) is 3.50. The maximum atomic E-state index is 11.3. The van der Waals surface area contributed by atoms with Crippen LogP contribution < -0.4 is 5.73 Å². The second-order valence-electron chi connectivity index (χ2n) is 5.76. The van der Waals surface area contributed by atoms with E-state index in [4.69, 9.17) is 10.2 Å². The van der Waals surface area contributed by atoms with Crippen LogP contribution in [-0.2, 0) is 20.5 Å². The maximum Gasteiger partial charge on any atom is 0.335 e. The van der Waals surface area contributed by atoms with Gasteiger partial charge in [0, 0.05) is 6.54 Å². The van der Waals surface area contributed by atoms with E-state index in [-0.39, 0.29) is 6.61 Å². The molecule has 2 aromatic heterocycles. The SMILES string of the molecule is C=C(CO[Si](C)(C)CCn1cnc2c(N)ncnc21)C(=O)OC. The third kappa shape index (κ3) is 4.14. The molecule has 0 spiro atoms. The van der Waals surface area contributed by atoms with E-state index in [1.807, 2.05) is 4.57 Å². The Bertz CT molecular complexity index is 728. The molecule has 9 heteroatoms. The van der Waals surface area contributed by atoms with Crippen molar-refractivity contribution < 1.29 is 14.0 Å². The molecule has 0 atom stereocenters. The van der Waals surface area contributed by atoms with Crippen molar-refractivity contribution >= 4 is 31.3 Å². The minimum Gasteiger partial charge on any atom is -0.466 e. The monoisotopic (exact) mass is 335 g/mol. The van der Waals surface area contributed by atoms with Crippen LogP contribution in [0.4, 0.5) is 5.82 Å². The van der Waals surface area contributed by atoms with Crippen molar-refractivity contribution in [1.29, 1.82) is 0 Å². The number of carbonyl (C=O) groups is 1. The first-order valence-corrected chi connectivity index (χ1v) is 10.3. The van der Waals surface area contributed by atoms with Crippen molar-refractivity contribution in [3.05, 3.63) is 24.8 Å². The number of nitrogen functional groups attached to an aromatic ring is 1. The number of fused-ring (bicyclic) bond motifs is 1. The lowest BCUT2D eigenvalue weighted by Crippen LogP contribution is -2.33. The average molecular weight is 335 g/mol. The number of hydrogen-bond donors (Lipinski definition) is 1. The molecule has 2 rings (SSSR count). The lowest BCUT2D eigenvalue weighted by Gasteiger charge is -2.23. The van der Waals surface area contributed by atoms with Gasteiger partial charge in [0.1, 0.15) is 11.8 Å². The number of nitrogens with zero attached hydrogens (tertiary/aromatic N) is 4. The van der Waals surface area contributed by atoms with Crippen LogP contribution in [0.15, 0.2) is 24.8 Å². The van der Waals surface area contributed by atoms with E-state index in [2.05, 4.69) is 39.4 Å². The smallest absolute Gasteiger partial charge is 0.335 e. The van der Waals surface area contributed by atoms with Crippen molar-refractivity contribution in [3.8, 4) is 0 Å². The van der Waals surface area contributed by atoms with E-state index in [0.29, 0.717) is 29.1 Å². The zero-order valence-electron chi connectivity index (χ0n) is 13.6. The van der Waals surface area contributed by atoms with Gasteiger partial charge in [-0.25, -0.2) is 19.7 Å². The molecule has 0 aliphatic rings. The van der Waals surface area contributed by atoms with Gasteiger partial charge in [-0.15, -0.1) is 0 Å². The summed E-state index contributed by atoms with van der Waals surface area (Å²) in [6.07, 6.45) is 3.13. The van der Waals surface area contributed by atoms with E-state index in [9.17, 15) is 4.79 Å². The maximum absolute atomic E-state index is 11.3. The molecule has 0 amide bonds. The summed E-state index contributed by atoms with van der Waals surface area (Å²) in [4.78, 5) is 23.7. The molecule has 2 aromatic rings. The van der Waals surface area contributed by atoms with Gasteiger partial charge >= 0.3 is 5.97 Å². The minimum absolute atomic E-state index is 0.186. The molecule has 0 saturated heterocycles. The Morgan fingerprint density at radius 2 is 2.13 bits per heavy atom. The summed E-state index contributed by atoms with van der Waals surface area (Å²) in [5.74, 6) is -0.0709. The highest BCUT2D eigenvalue weighted by Gasteiger charge is 2.24. The summed E-state index contributed by atoms with van der Waals surface area (Å²) in [6, 6.07) is 0.830. The summed E-state index contributed by atoms with van der Waals surface area (Å²) in [5.41, 5.74) is 7.41. The Labute approximate surface area is 135 Å². The van der Waals surface area contributed by atoms with Crippen LogP contribution in [0, 0.1) is 0 Å². The van der Waals surface area contributed by atoms with Crippen LogP contribution in [0.5, 0.6) is 0 Å². The lowest BCUT2D eigenvalue weighted by molar-refractivity contribution is -0.136. The van der Waals surface area contributed by atoms with E-state index in [0.717, 1.165) is 6.04 Å². The predicted molar refractivity (Wildman–Crippen MR) is 89.1 cm³/mol. The topological polar surface area (TPSA) is 105 Å². The molecule has 2 heterocycles. The van der Waals surface area contributed by atoms with Crippen LogP contribution in [0.3, 0.4) is 0 Å². The van der Waals surface area contributed by atoms with Crippen molar-refractivity contribution in [3.63, 3.8) is 0 Å². The third-order valence-corrected chi connectivity index (χ3v) is 5.85. The summed E-state index contributed by atoms with van der Waals surface area (Å²) < 4.78 is 12.4. The fourth-order valence-corrected chi connectivity index (χ4v) is 3.50. The van der Waals surface area contributed by atoms with Crippen LogP contribution in [-0.4, -0.2) is 47.5 Å². The molecule has 8 nitrogen and oxygen atoms in total. The van der Waals surface area contributed by atoms with E-state index < -0.39 is 14.3 Å². The summed E-state index contributed by atoms with van der Waals surface area (Å²) in [6.45, 7) is 8.72. The molecule has 0 unspecified atom stereocenters. The Hall–Kier alpha value is -2.26. The number of carbonyl (C=O) groups excluding carboxylic acids is 1. The van der Waals surface area contributed by atoms with E-state index >= 15 is 0 Å². The molecule has 0 radical (unpaired) electrons. The second kappa shape index (κ2) is 6.88. The van der Waals surface area contributed by atoms with Crippen LogP contribution in [0.1, 0.15) is 0 Å². The largest absolute Gasteiger partial charge is 0.466 e. The predicted octanol–water partition coefficient (Wildman–Crippen LogP) is 1.36. The van der Waals surface area contributed by atoms with Crippen LogP contribution >= 0.6 is 0 Å². The molecular weight excluding hydrogens is 314 g/mol. The van der Waals surface area contributed by atoms with Gasteiger partial charge in [0.05, 0.1) is 25.6 Å². The van der Waals surface area contributed by atoms with E-state index in [1.165, 1.54) is 13.4 Å². The highest BCUT2D eigenvalue weighted by molar-refractivity contribution is 6.71. The number of imidazole rings is 1. The number of rotatable bonds is 7. The molecular formula is C14H21N5O3Si. The molecule has 0 saturated carbocycles. The zero-order chi connectivity index (χ0) is 17.0. The van der Waals surface area contributed by atoms with E-state index in [1.54, 1.807) is 6.33 Å². The first-order chi connectivity index (χ1) is 10.8. The fraction of sp³-hybridized carbons (Fsp3) is 0.429. The highest BCUT2D eigenvalue weighted by Crippen LogP contribution is 2.18. The van der Waals surface area contributed by atoms with Crippen LogP contribution in [0.25, 0.3) is 11.2 Å². The van der Waals surface area contributed by atoms with Gasteiger partial charge in [-0.05, 0) is 19.1 Å². The first-order valence-electron chi connectivity index (χ1n) is 7.15. The molecule has 0 aliphatic carbocycles. The lowest BCUT2D eigenvalue weighted by atomic mass is 10.3. The molecule has 0 bridgehead atoms. The second-order valence-corrected chi connectivity index (χ2v) is 10.1. The van der Waals surface area contributed by atoms with Gasteiger partial charge in [-0.2, -0.15) is 0 Å². The average Bonchev–Trinajstić information content (AvgIpc) is 2.94. The van der Waals surface area contributed by atoms with Gasteiger partial charge < -0.3 is 19.5 Å². The number of esters is 1. The van der Waals surface area contributed by atoms with Crippen LogP contribution in [0.2, 0.25) is 19.1 Å². The number of ether oxygens (including phenoxy) is 1. The molecule has 23 heavy (non-hydrogen) atoms. The van der Waals surface area contributed by atoms with Gasteiger partial charge in [0.25, 0.3) is 0 Å². The Morgan fingerprint density at radius 3 is 2.83 bits per heavy atom. The molecule has 124 valence electrons. The number of nitrogens with two attached hydrogens (primary N) is 1. The number of aromatic nitrogens is 4.